The average molecular weight is 239 g/mol. The van der Waals surface area contributed by atoms with Gasteiger partial charge >= 0.3 is 85.0 Å². The van der Waals surface area contributed by atoms with Gasteiger partial charge in [-0.25, -0.2) is 0 Å². The Morgan fingerprint density at radius 3 is 2.62 bits per heavy atom. The Morgan fingerprint density at radius 1 is 1.15 bits per heavy atom. The number of hydrogen-bond acceptors (Lipinski definition) is 1. The van der Waals surface area contributed by atoms with E-state index in [4.69, 9.17) is 4.74 Å². The van der Waals surface area contributed by atoms with Crippen molar-refractivity contribution in [1.82, 2.24) is 0 Å². The van der Waals surface area contributed by atoms with Crippen LogP contribution in [0.15, 0.2) is 53.7 Å². The van der Waals surface area contributed by atoms with Crippen molar-refractivity contribution in [2.75, 3.05) is 7.11 Å². The van der Waals surface area contributed by atoms with E-state index in [-0.39, 0.29) is 0 Å². The first-order valence-electron chi connectivity index (χ1n) is 3.99. The summed E-state index contributed by atoms with van der Waals surface area (Å²) < 4.78 is 6.16. The molecule has 68 valence electrons. The second-order valence-electron chi connectivity index (χ2n) is 2.32. The van der Waals surface area contributed by atoms with Crippen LogP contribution in [0.1, 0.15) is 0 Å². The van der Waals surface area contributed by atoms with Gasteiger partial charge in [-0.05, 0) is 0 Å². The van der Waals surface area contributed by atoms with Crippen molar-refractivity contribution in [3.8, 4) is 0 Å². The third-order valence-electron chi connectivity index (χ3n) is 1.35. The molecule has 0 amide bonds. The zero-order valence-electron chi connectivity index (χ0n) is 7.51. The topological polar surface area (TPSA) is 9.23 Å². The molecule has 0 heterocycles. The third-order valence-corrected chi connectivity index (χ3v) is 3.11. The summed E-state index contributed by atoms with van der Waals surface area (Å²) in [6.07, 6.45) is 5.57. The summed E-state index contributed by atoms with van der Waals surface area (Å²) in [5.74, 6) is 0. The zero-order chi connectivity index (χ0) is 9.36. The number of benzene rings is 1. The molecule has 0 saturated heterocycles. The van der Waals surface area contributed by atoms with Crippen LogP contribution in [0.4, 0.5) is 0 Å². The van der Waals surface area contributed by atoms with Crippen LogP contribution in [0, 0.1) is 0 Å². The first-order valence-corrected chi connectivity index (χ1v) is 5.84. The molecule has 0 aromatic heterocycles. The summed E-state index contributed by atoms with van der Waals surface area (Å²) in [4.78, 5) is 2.16. The van der Waals surface area contributed by atoms with Crippen molar-refractivity contribution in [2.45, 2.75) is 0 Å². The molecule has 0 aliphatic heterocycles. The fourth-order valence-electron chi connectivity index (χ4n) is 0.786. The quantitative estimate of drug-likeness (QED) is 0.441. The van der Waals surface area contributed by atoms with Gasteiger partial charge in [-0.15, -0.1) is 0 Å². The van der Waals surface area contributed by atoms with Gasteiger partial charge in [0.25, 0.3) is 0 Å². The average Bonchev–Trinajstić information content (AvgIpc) is 2.19. The Hall–Kier alpha value is -0.981. The third kappa shape index (κ3) is 4.56. The van der Waals surface area contributed by atoms with Crippen LogP contribution < -0.4 is 4.46 Å². The van der Waals surface area contributed by atoms with Gasteiger partial charge in [0.05, 0.1) is 0 Å². The summed E-state index contributed by atoms with van der Waals surface area (Å²) in [6.45, 7) is 0. The second kappa shape index (κ2) is 6.53. The van der Waals surface area contributed by atoms with Gasteiger partial charge in [-0.2, -0.15) is 0 Å². The molecule has 1 rings (SSSR count). The number of ether oxygens (including phenoxy) is 1. The van der Waals surface area contributed by atoms with Crippen molar-refractivity contribution in [1.29, 1.82) is 0 Å². The first-order chi connectivity index (χ1) is 6.43. The molecule has 0 unspecified atom stereocenters. The van der Waals surface area contributed by atoms with E-state index in [0.717, 1.165) is 0 Å². The van der Waals surface area contributed by atoms with Crippen LogP contribution >= 0.6 is 0 Å². The summed E-state index contributed by atoms with van der Waals surface area (Å²) in [5.41, 5.74) is 0. The molecular formula is C11H12OSe. The van der Waals surface area contributed by atoms with Crippen LogP contribution in [0.25, 0.3) is 0 Å². The number of hydrogen-bond donors (Lipinski definition) is 0. The van der Waals surface area contributed by atoms with Crippen molar-refractivity contribution in [3.05, 3.63) is 53.7 Å². The van der Waals surface area contributed by atoms with Crippen molar-refractivity contribution in [3.63, 3.8) is 0 Å². The molecule has 0 bridgehead atoms. The summed E-state index contributed by atoms with van der Waals surface area (Å²) in [7, 11) is 1.65. The second-order valence-corrected chi connectivity index (χ2v) is 4.38. The number of rotatable bonds is 4. The Kier molecular flexibility index (Phi) is 5.07. The molecular weight excluding hydrogens is 227 g/mol. The van der Waals surface area contributed by atoms with Crippen molar-refractivity contribution in [2.24, 2.45) is 0 Å². The van der Waals surface area contributed by atoms with Crippen LogP contribution in [0.3, 0.4) is 0 Å². The van der Waals surface area contributed by atoms with E-state index in [0.29, 0.717) is 15.0 Å². The Balaban J connectivity index is 2.35. The summed E-state index contributed by atoms with van der Waals surface area (Å²) in [5, 5.41) is 0. The monoisotopic (exact) mass is 240 g/mol. The number of methoxy groups -OCH3 is 1. The van der Waals surface area contributed by atoms with Crippen molar-refractivity contribution >= 4 is 19.4 Å². The molecule has 0 radical (unpaired) electrons. The van der Waals surface area contributed by atoms with Gasteiger partial charge in [-0.3, -0.25) is 0 Å². The van der Waals surface area contributed by atoms with E-state index in [2.05, 4.69) is 29.2 Å². The van der Waals surface area contributed by atoms with E-state index < -0.39 is 0 Å². The molecule has 0 fully saturated rings. The van der Waals surface area contributed by atoms with E-state index >= 15 is 0 Å². The zero-order valence-corrected chi connectivity index (χ0v) is 9.23. The number of allylic oxidation sites excluding steroid dienone is 2. The molecule has 0 aliphatic carbocycles. The summed E-state index contributed by atoms with van der Waals surface area (Å²) in [6, 6.07) is 10.5. The van der Waals surface area contributed by atoms with Gasteiger partial charge in [0, 0.05) is 0 Å². The molecule has 1 aromatic rings. The normalized spacial score (nSPS) is 11.2. The maximum absolute atomic E-state index is 4.77. The Bertz CT molecular complexity index is 277. The molecule has 1 nitrogen and oxygen atoms in total. The standard InChI is InChI=1S/C11H12OSe/c1-12-9-5-6-10-13-11-7-3-2-4-8-11/h2-10H,1H3/b9-5-,10-6+. The first kappa shape index (κ1) is 10.1. The van der Waals surface area contributed by atoms with Gasteiger partial charge in [0.2, 0.25) is 0 Å². The van der Waals surface area contributed by atoms with Gasteiger partial charge in [0.1, 0.15) is 0 Å². The van der Waals surface area contributed by atoms with E-state index in [9.17, 15) is 0 Å². The van der Waals surface area contributed by atoms with Crippen LogP contribution in [0.5, 0.6) is 0 Å². The molecule has 0 saturated carbocycles. The van der Waals surface area contributed by atoms with Gasteiger partial charge < -0.3 is 0 Å². The molecule has 13 heavy (non-hydrogen) atoms. The van der Waals surface area contributed by atoms with Gasteiger partial charge in [-0.1, -0.05) is 0 Å². The van der Waals surface area contributed by atoms with Crippen LogP contribution in [0.2, 0.25) is 0 Å². The predicted octanol–water partition coefficient (Wildman–Crippen LogP) is 1.69. The molecule has 0 aliphatic rings. The van der Waals surface area contributed by atoms with Crippen LogP contribution in [-0.4, -0.2) is 22.1 Å². The van der Waals surface area contributed by atoms with Crippen molar-refractivity contribution < 1.29 is 4.74 Å². The Labute approximate surface area is 85.3 Å². The maximum atomic E-state index is 4.77. The van der Waals surface area contributed by atoms with E-state index in [1.807, 2.05) is 18.2 Å². The van der Waals surface area contributed by atoms with Crippen LogP contribution in [-0.2, 0) is 4.74 Å². The minimum atomic E-state index is 0.430. The Morgan fingerprint density at radius 2 is 1.92 bits per heavy atom. The molecule has 0 N–H and O–H groups in total. The van der Waals surface area contributed by atoms with E-state index in [1.165, 1.54) is 4.46 Å². The van der Waals surface area contributed by atoms with Gasteiger partial charge in [0.15, 0.2) is 0 Å². The molecule has 1 aromatic carbocycles. The SMILES string of the molecule is CO/C=C\C=C\[Se]c1ccccc1. The molecule has 0 spiro atoms. The fourth-order valence-corrected chi connectivity index (χ4v) is 2.13. The minimum absolute atomic E-state index is 0.430. The fraction of sp³-hybridized carbons (Fsp3) is 0.0909. The predicted molar refractivity (Wildman–Crippen MR) is 57.1 cm³/mol. The molecule has 0 atom stereocenters. The molecule has 2 heteroatoms. The van der Waals surface area contributed by atoms with E-state index in [1.54, 1.807) is 13.4 Å². The summed E-state index contributed by atoms with van der Waals surface area (Å²) >= 11 is 0.430.